The van der Waals surface area contributed by atoms with E-state index in [-0.39, 0.29) is 11.5 Å². The van der Waals surface area contributed by atoms with Crippen molar-refractivity contribution in [2.45, 2.75) is 40.0 Å². The summed E-state index contributed by atoms with van der Waals surface area (Å²) in [5, 5.41) is 0.655. The molecule has 0 saturated carbocycles. The van der Waals surface area contributed by atoms with E-state index in [0.29, 0.717) is 5.39 Å². The van der Waals surface area contributed by atoms with Crippen LogP contribution >= 0.6 is 0 Å². The van der Waals surface area contributed by atoms with Crippen molar-refractivity contribution in [3.8, 4) is 5.69 Å². The molecule has 4 rings (SSSR count). The number of aryl methyl sites for hydroxylation is 3. The lowest BCUT2D eigenvalue weighted by atomic mass is 9.99. The number of hydrogen-bond acceptors (Lipinski definition) is 2. The smallest absolute Gasteiger partial charge is 0.265 e. The number of aromatic nitrogens is 2. The molecule has 1 heterocycles. The highest BCUT2D eigenvalue weighted by atomic mass is 16.1. The molecular weight excluding hydrogens is 357 g/mol. The molecule has 0 fully saturated rings. The van der Waals surface area contributed by atoms with Gasteiger partial charge in [-0.1, -0.05) is 67.1 Å². The fraction of sp³-hybridized carbons (Fsp3) is 0.231. The van der Waals surface area contributed by atoms with E-state index < -0.39 is 0 Å². The Morgan fingerprint density at radius 1 is 0.897 bits per heavy atom. The minimum atomic E-state index is 0.000523. The molecule has 0 aliphatic rings. The Labute approximate surface area is 171 Å². The van der Waals surface area contributed by atoms with Crippen LogP contribution in [0.3, 0.4) is 0 Å². The Kier molecular flexibility index (Phi) is 5.06. The number of nitrogens with zero attached hydrogens (tertiary/aromatic N) is 2. The van der Waals surface area contributed by atoms with Gasteiger partial charge in [0.25, 0.3) is 5.56 Å². The molecule has 1 atom stereocenters. The average Bonchev–Trinajstić information content (AvgIpc) is 2.69. The standard InChI is InChI=1S/C26H26N2O/c1-17-14-18(2)24(19(3)15-17)28-25(20(4)16-21-10-6-5-7-11-21)27-23-13-9-8-12-22(23)26(28)29/h5-15,20H,16H2,1-4H3/t20-/m1/s1/i2+1. The second-order valence-electron chi connectivity index (χ2n) is 7.97. The van der Waals surface area contributed by atoms with E-state index in [4.69, 9.17) is 4.98 Å². The van der Waals surface area contributed by atoms with E-state index in [1.165, 1.54) is 11.1 Å². The van der Waals surface area contributed by atoms with Crippen molar-refractivity contribution in [2.24, 2.45) is 0 Å². The highest BCUT2D eigenvalue weighted by molar-refractivity contribution is 5.78. The van der Waals surface area contributed by atoms with Crippen LogP contribution in [-0.2, 0) is 6.42 Å². The second kappa shape index (κ2) is 7.67. The number of para-hydroxylation sites is 1. The molecular formula is C26H26N2O. The Morgan fingerprint density at radius 2 is 1.52 bits per heavy atom. The summed E-state index contributed by atoms with van der Waals surface area (Å²) in [5.74, 6) is 0.905. The van der Waals surface area contributed by atoms with Crippen LogP contribution in [0.1, 0.15) is 40.9 Å². The van der Waals surface area contributed by atoms with Gasteiger partial charge in [0.1, 0.15) is 5.82 Å². The van der Waals surface area contributed by atoms with Gasteiger partial charge in [0, 0.05) is 5.92 Å². The third-order valence-corrected chi connectivity index (χ3v) is 5.49. The zero-order valence-corrected chi connectivity index (χ0v) is 17.4. The molecule has 0 spiro atoms. The number of hydrogen-bond donors (Lipinski definition) is 0. The minimum absolute atomic E-state index is 0.000523. The summed E-state index contributed by atoms with van der Waals surface area (Å²) in [7, 11) is 0. The molecule has 29 heavy (non-hydrogen) atoms. The predicted octanol–water partition coefficient (Wildman–Crippen LogP) is 5.66. The summed E-state index contributed by atoms with van der Waals surface area (Å²) < 4.78 is 1.85. The van der Waals surface area contributed by atoms with Crippen LogP contribution in [0.4, 0.5) is 0 Å². The van der Waals surface area contributed by atoms with Crippen LogP contribution in [0, 0.1) is 20.8 Å². The number of fused-ring (bicyclic) bond motifs is 1. The van der Waals surface area contributed by atoms with E-state index in [0.717, 1.165) is 34.6 Å². The first-order chi connectivity index (χ1) is 14.0. The van der Waals surface area contributed by atoms with Crippen LogP contribution in [0.25, 0.3) is 16.6 Å². The quantitative estimate of drug-likeness (QED) is 0.426. The predicted molar refractivity (Wildman–Crippen MR) is 120 cm³/mol. The third-order valence-electron chi connectivity index (χ3n) is 5.49. The molecule has 3 nitrogen and oxygen atoms in total. The van der Waals surface area contributed by atoms with Crippen molar-refractivity contribution >= 4 is 10.9 Å². The topological polar surface area (TPSA) is 34.9 Å². The fourth-order valence-electron chi connectivity index (χ4n) is 4.28. The zero-order valence-electron chi connectivity index (χ0n) is 17.4. The van der Waals surface area contributed by atoms with Crippen molar-refractivity contribution < 1.29 is 0 Å². The zero-order chi connectivity index (χ0) is 20.5. The van der Waals surface area contributed by atoms with Gasteiger partial charge in [-0.2, -0.15) is 0 Å². The first-order valence-corrected chi connectivity index (χ1v) is 10.1. The molecule has 0 aliphatic carbocycles. The van der Waals surface area contributed by atoms with Crippen LogP contribution < -0.4 is 5.56 Å². The van der Waals surface area contributed by atoms with Crippen LogP contribution in [0.15, 0.2) is 71.5 Å². The summed E-state index contributed by atoms with van der Waals surface area (Å²) in [5.41, 5.74) is 6.33. The number of rotatable bonds is 4. The van der Waals surface area contributed by atoms with Gasteiger partial charge < -0.3 is 0 Å². The molecule has 0 N–H and O–H groups in total. The Balaban J connectivity index is 1.98. The highest BCUT2D eigenvalue weighted by Crippen LogP contribution is 2.26. The third kappa shape index (κ3) is 3.61. The molecule has 0 saturated heterocycles. The van der Waals surface area contributed by atoms with Crippen LogP contribution in [-0.4, -0.2) is 9.55 Å². The first kappa shape index (κ1) is 19.1. The van der Waals surface area contributed by atoms with E-state index in [9.17, 15) is 4.79 Å². The Hall–Kier alpha value is -3.20. The largest absolute Gasteiger partial charge is 0.268 e. The van der Waals surface area contributed by atoms with E-state index in [1.54, 1.807) is 0 Å². The molecule has 4 aromatic rings. The lowest BCUT2D eigenvalue weighted by molar-refractivity contribution is 0.662. The van der Waals surface area contributed by atoms with Crippen molar-refractivity contribution in [1.29, 1.82) is 0 Å². The van der Waals surface area contributed by atoms with Crippen molar-refractivity contribution in [2.75, 3.05) is 0 Å². The fourth-order valence-corrected chi connectivity index (χ4v) is 4.28. The molecule has 0 amide bonds. The van der Waals surface area contributed by atoms with Crippen molar-refractivity contribution in [1.82, 2.24) is 9.55 Å². The molecule has 0 aliphatic heterocycles. The van der Waals surface area contributed by atoms with Crippen LogP contribution in [0.2, 0.25) is 0 Å². The summed E-state index contributed by atoms with van der Waals surface area (Å²) in [6.45, 7) is 8.38. The second-order valence-corrected chi connectivity index (χ2v) is 7.97. The highest BCUT2D eigenvalue weighted by Gasteiger charge is 2.20. The molecule has 146 valence electrons. The van der Waals surface area contributed by atoms with Crippen LogP contribution in [0.5, 0.6) is 0 Å². The SMILES string of the molecule is Cc1cc(C)c(-n2c([C@H](C)Cc3ccccc3)nc3ccccc3c2=O)c([13CH3])c1. The average molecular weight is 383 g/mol. The molecule has 3 aromatic carbocycles. The number of benzene rings is 3. The molecule has 1 aromatic heterocycles. The van der Waals surface area contributed by atoms with Gasteiger partial charge in [0.15, 0.2) is 0 Å². The van der Waals surface area contributed by atoms with Crippen molar-refractivity contribution in [3.05, 3.63) is 105 Å². The van der Waals surface area contributed by atoms with E-state index in [1.807, 2.05) is 34.9 Å². The summed E-state index contributed by atoms with van der Waals surface area (Å²) in [6, 6.07) is 22.3. The summed E-state index contributed by atoms with van der Waals surface area (Å²) in [6.07, 6.45) is 0.829. The maximum absolute atomic E-state index is 13.6. The van der Waals surface area contributed by atoms with Crippen molar-refractivity contribution in [3.63, 3.8) is 0 Å². The van der Waals surface area contributed by atoms with E-state index in [2.05, 4.69) is 64.1 Å². The molecule has 0 unspecified atom stereocenters. The van der Waals surface area contributed by atoms with Gasteiger partial charge in [-0.25, -0.2) is 4.98 Å². The van der Waals surface area contributed by atoms with Gasteiger partial charge in [-0.15, -0.1) is 0 Å². The first-order valence-electron chi connectivity index (χ1n) is 10.1. The summed E-state index contributed by atoms with van der Waals surface area (Å²) in [4.78, 5) is 18.6. The van der Waals surface area contributed by atoms with Gasteiger partial charge in [0.2, 0.25) is 0 Å². The normalized spacial score (nSPS) is 12.3. The van der Waals surface area contributed by atoms with Gasteiger partial charge >= 0.3 is 0 Å². The molecule has 0 radical (unpaired) electrons. The molecule has 0 bridgehead atoms. The monoisotopic (exact) mass is 383 g/mol. The minimum Gasteiger partial charge on any atom is -0.268 e. The summed E-state index contributed by atoms with van der Waals surface area (Å²) >= 11 is 0. The van der Waals surface area contributed by atoms with E-state index >= 15 is 0 Å². The Morgan fingerprint density at radius 3 is 2.21 bits per heavy atom. The lowest BCUT2D eigenvalue weighted by Gasteiger charge is -2.22. The maximum atomic E-state index is 13.6. The maximum Gasteiger partial charge on any atom is 0.265 e. The Bertz CT molecular complexity index is 1220. The lowest BCUT2D eigenvalue weighted by Crippen LogP contribution is -2.27. The van der Waals surface area contributed by atoms with Gasteiger partial charge in [-0.3, -0.25) is 9.36 Å². The van der Waals surface area contributed by atoms with Gasteiger partial charge in [0.05, 0.1) is 16.6 Å². The molecule has 3 heteroatoms. The van der Waals surface area contributed by atoms with Gasteiger partial charge in [-0.05, 0) is 56.0 Å².